The SMILES string of the molecule is C=CCN1c2c(-c3nc4cc(OC)c(F)cc4[nH]3)cccc2C(N(C)C)CC1C=S=O. The summed E-state index contributed by atoms with van der Waals surface area (Å²) >= 11 is 0.489. The van der Waals surface area contributed by atoms with E-state index in [0.717, 1.165) is 23.2 Å². The van der Waals surface area contributed by atoms with Crippen molar-refractivity contribution in [1.82, 2.24) is 14.9 Å². The molecule has 2 unspecified atom stereocenters. The summed E-state index contributed by atoms with van der Waals surface area (Å²) in [7, 11) is 5.52. The normalized spacial score (nSPS) is 18.2. The Morgan fingerprint density at radius 2 is 2.23 bits per heavy atom. The quantitative estimate of drug-likeness (QED) is 0.467. The summed E-state index contributed by atoms with van der Waals surface area (Å²) in [5, 5.41) is 1.73. The van der Waals surface area contributed by atoms with Crippen molar-refractivity contribution in [3.8, 4) is 17.1 Å². The molecule has 1 aliphatic heterocycles. The number of aromatic amines is 1. The first-order valence-corrected chi connectivity index (χ1v) is 10.8. The highest BCUT2D eigenvalue weighted by molar-refractivity contribution is 7.65. The van der Waals surface area contributed by atoms with Crippen molar-refractivity contribution < 1.29 is 13.3 Å². The van der Waals surface area contributed by atoms with Crippen molar-refractivity contribution in [2.75, 3.05) is 32.6 Å². The molecule has 2 aromatic carbocycles. The predicted octanol–water partition coefficient (Wildman–Crippen LogP) is 3.76. The minimum Gasteiger partial charge on any atom is -0.494 e. The number of hydrogen-bond acceptors (Lipinski definition) is 5. The lowest BCUT2D eigenvalue weighted by atomic mass is 9.88. The fourth-order valence-corrected chi connectivity index (χ4v) is 4.72. The van der Waals surface area contributed by atoms with E-state index in [-0.39, 0.29) is 17.8 Å². The van der Waals surface area contributed by atoms with Gasteiger partial charge in [0.1, 0.15) is 5.82 Å². The Kier molecular flexibility index (Phi) is 5.93. The van der Waals surface area contributed by atoms with E-state index in [1.165, 1.54) is 13.2 Å². The standard InChI is InChI=1S/C23H25FN4O2S/c1-5-9-28-14(13-31-29)10-20(27(2)3)15-7-6-8-16(22(15)28)23-25-18-11-17(24)21(30-4)12-19(18)26-23/h5-8,11-14,20H,1,9-10H2,2-4H3,(H,25,26). The van der Waals surface area contributed by atoms with Crippen LogP contribution in [0.4, 0.5) is 10.1 Å². The van der Waals surface area contributed by atoms with Crippen LogP contribution in [0.25, 0.3) is 22.4 Å². The second-order valence-corrected chi connectivity index (χ2v) is 8.25. The maximum absolute atomic E-state index is 14.2. The van der Waals surface area contributed by atoms with E-state index in [2.05, 4.69) is 27.4 Å². The van der Waals surface area contributed by atoms with Gasteiger partial charge in [0.05, 0.1) is 41.1 Å². The molecule has 0 aliphatic carbocycles. The number of fused-ring (bicyclic) bond motifs is 2. The molecule has 8 heteroatoms. The number of aromatic nitrogens is 2. The number of hydrogen-bond donors (Lipinski definition) is 1. The van der Waals surface area contributed by atoms with E-state index >= 15 is 0 Å². The number of imidazole rings is 1. The minimum absolute atomic E-state index is 0.0523. The first-order valence-electron chi connectivity index (χ1n) is 10.0. The van der Waals surface area contributed by atoms with Gasteiger partial charge in [-0.05, 0) is 32.1 Å². The fraction of sp³-hybridized carbons (Fsp3) is 0.304. The minimum atomic E-state index is -0.441. The molecule has 162 valence electrons. The van der Waals surface area contributed by atoms with Gasteiger partial charge in [-0.25, -0.2) is 13.6 Å². The van der Waals surface area contributed by atoms with Gasteiger partial charge >= 0.3 is 0 Å². The molecule has 2 heterocycles. The third-order valence-corrected chi connectivity index (χ3v) is 6.18. The molecule has 0 spiro atoms. The van der Waals surface area contributed by atoms with Gasteiger partial charge in [0.2, 0.25) is 0 Å². The van der Waals surface area contributed by atoms with Gasteiger partial charge < -0.3 is 19.5 Å². The number of ether oxygens (including phenoxy) is 1. The molecule has 0 saturated heterocycles. The van der Waals surface area contributed by atoms with Crippen molar-refractivity contribution in [1.29, 1.82) is 0 Å². The zero-order valence-electron chi connectivity index (χ0n) is 17.8. The Bertz CT molecular complexity index is 1190. The molecule has 1 aliphatic rings. The molecule has 31 heavy (non-hydrogen) atoms. The average molecular weight is 441 g/mol. The van der Waals surface area contributed by atoms with E-state index in [9.17, 15) is 8.60 Å². The lowest BCUT2D eigenvalue weighted by Gasteiger charge is -2.43. The van der Waals surface area contributed by atoms with Gasteiger partial charge in [0, 0.05) is 35.7 Å². The van der Waals surface area contributed by atoms with E-state index in [0.29, 0.717) is 34.7 Å². The smallest absolute Gasteiger partial charge is 0.167 e. The van der Waals surface area contributed by atoms with Crippen LogP contribution in [-0.2, 0) is 11.3 Å². The highest BCUT2D eigenvalue weighted by Crippen LogP contribution is 2.44. The zero-order valence-corrected chi connectivity index (χ0v) is 18.6. The van der Waals surface area contributed by atoms with Gasteiger partial charge in [-0.15, -0.1) is 6.58 Å². The first-order chi connectivity index (χ1) is 15.0. The number of nitrogens with one attached hydrogen (secondary N) is 1. The third-order valence-electron chi connectivity index (χ3n) is 5.75. The van der Waals surface area contributed by atoms with Gasteiger partial charge in [-0.2, -0.15) is 0 Å². The van der Waals surface area contributed by atoms with Crippen molar-refractivity contribution in [2.45, 2.75) is 18.5 Å². The van der Waals surface area contributed by atoms with Crippen LogP contribution in [0.5, 0.6) is 5.75 Å². The number of methoxy groups -OCH3 is 1. The molecule has 2 atom stereocenters. The Morgan fingerprint density at radius 3 is 2.90 bits per heavy atom. The van der Waals surface area contributed by atoms with Crippen molar-refractivity contribution in [3.63, 3.8) is 0 Å². The van der Waals surface area contributed by atoms with Gasteiger partial charge in [-0.3, -0.25) is 0 Å². The first kappa shape index (κ1) is 21.3. The summed E-state index contributed by atoms with van der Waals surface area (Å²) in [6, 6.07) is 9.21. The molecule has 3 aromatic rings. The van der Waals surface area contributed by atoms with Crippen molar-refractivity contribution in [3.05, 3.63) is 54.4 Å². The number of para-hydroxylation sites is 1. The lowest BCUT2D eigenvalue weighted by Crippen LogP contribution is -2.44. The van der Waals surface area contributed by atoms with Crippen LogP contribution in [0.1, 0.15) is 18.0 Å². The zero-order chi connectivity index (χ0) is 22.1. The maximum atomic E-state index is 14.2. The van der Waals surface area contributed by atoms with Gasteiger partial charge in [-0.1, -0.05) is 18.2 Å². The number of nitrogens with zero attached hydrogens (tertiary/aromatic N) is 3. The molecule has 4 rings (SSSR count). The molecule has 0 bridgehead atoms. The molecule has 1 N–H and O–H groups in total. The van der Waals surface area contributed by atoms with Crippen molar-refractivity contribution >= 4 is 33.3 Å². The number of benzene rings is 2. The second kappa shape index (κ2) is 8.64. The Hall–Kier alpha value is -2.97. The summed E-state index contributed by atoms with van der Waals surface area (Å²) in [4.78, 5) is 12.3. The van der Waals surface area contributed by atoms with Crippen LogP contribution in [-0.4, -0.2) is 58.2 Å². The van der Waals surface area contributed by atoms with Gasteiger partial charge in [0.15, 0.2) is 11.6 Å². The summed E-state index contributed by atoms with van der Waals surface area (Å²) in [5.41, 5.74) is 4.29. The molecule has 1 aromatic heterocycles. The average Bonchev–Trinajstić information content (AvgIpc) is 3.16. The number of H-pyrrole nitrogens is 1. The Balaban J connectivity index is 1.95. The number of rotatable bonds is 6. The van der Waals surface area contributed by atoms with Crippen molar-refractivity contribution in [2.24, 2.45) is 0 Å². The largest absolute Gasteiger partial charge is 0.494 e. The molecule has 6 nitrogen and oxygen atoms in total. The summed E-state index contributed by atoms with van der Waals surface area (Å²) in [6.07, 6.45) is 2.64. The predicted molar refractivity (Wildman–Crippen MR) is 125 cm³/mol. The topological polar surface area (TPSA) is 61.5 Å². The molecule has 0 fully saturated rings. The Morgan fingerprint density at radius 1 is 1.42 bits per heavy atom. The highest BCUT2D eigenvalue weighted by Gasteiger charge is 2.34. The summed E-state index contributed by atoms with van der Waals surface area (Å²) in [6.45, 7) is 4.50. The molecule has 0 saturated carbocycles. The van der Waals surface area contributed by atoms with Crippen LogP contribution in [0.3, 0.4) is 0 Å². The molecular weight excluding hydrogens is 415 g/mol. The molecular formula is C23H25FN4O2S. The fourth-order valence-electron chi connectivity index (χ4n) is 4.33. The van der Waals surface area contributed by atoms with Crippen LogP contribution in [0, 0.1) is 5.82 Å². The molecule has 0 amide bonds. The Labute approximate surface area is 184 Å². The molecule has 0 radical (unpaired) electrons. The van der Waals surface area contributed by atoms with Crippen LogP contribution in [0.15, 0.2) is 43.0 Å². The van der Waals surface area contributed by atoms with E-state index < -0.39 is 5.82 Å². The van der Waals surface area contributed by atoms with E-state index in [1.807, 2.05) is 32.3 Å². The third kappa shape index (κ3) is 3.77. The van der Waals surface area contributed by atoms with E-state index in [4.69, 9.17) is 9.72 Å². The van der Waals surface area contributed by atoms with E-state index in [1.54, 1.807) is 11.4 Å². The summed E-state index contributed by atoms with van der Waals surface area (Å²) in [5.74, 6) is 0.355. The second-order valence-electron chi connectivity index (χ2n) is 7.79. The summed E-state index contributed by atoms with van der Waals surface area (Å²) < 4.78 is 30.7. The number of halogens is 1. The highest BCUT2D eigenvalue weighted by atomic mass is 32.1. The monoisotopic (exact) mass is 440 g/mol. The lowest BCUT2D eigenvalue weighted by molar-refractivity contribution is 0.271. The number of anilines is 1. The van der Waals surface area contributed by atoms with Crippen LogP contribution < -0.4 is 9.64 Å². The maximum Gasteiger partial charge on any atom is 0.167 e. The van der Waals surface area contributed by atoms with Crippen LogP contribution >= 0.6 is 0 Å². The van der Waals surface area contributed by atoms with Gasteiger partial charge in [0.25, 0.3) is 0 Å². The van der Waals surface area contributed by atoms with Crippen LogP contribution in [0.2, 0.25) is 0 Å².